The van der Waals surface area contributed by atoms with Crippen LogP contribution in [0.25, 0.3) is 11.6 Å². The minimum absolute atomic E-state index is 0.356. The number of hydrogen-bond acceptors (Lipinski definition) is 6. The monoisotopic (exact) mass is 223 g/mol. The number of hydrogen-bond donors (Lipinski definition) is 1. The number of aromatic amines is 1. The Bertz CT molecular complexity index is 434. The summed E-state index contributed by atoms with van der Waals surface area (Å²) in [6, 6.07) is 0. The van der Waals surface area contributed by atoms with Gasteiger partial charge in [0.05, 0.1) is 5.25 Å². The van der Waals surface area contributed by atoms with Gasteiger partial charge in [-0.3, -0.25) is 5.10 Å². The van der Waals surface area contributed by atoms with Gasteiger partial charge in [-0.25, -0.2) is 4.98 Å². The molecule has 6 nitrogen and oxygen atoms in total. The first-order valence-electron chi connectivity index (χ1n) is 4.74. The van der Waals surface area contributed by atoms with Gasteiger partial charge in [-0.2, -0.15) is 10.1 Å². The van der Waals surface area contributed by atoms with Gasteiger partial charge in [0.25, 0.3) is 0 Å². The van der Waals surface area contributed by atoms with Gasteiger partial charge in [0.15, 0.2) is 5.82 Å². The molecule has 1 aliphatic heterocycles. The fourth-order valence-electron chi connectivity index (χ4n) is 1.55. The van der Waals surface area contributed by atoms with E-state index in [-0.39, 0.29) is 0 Å². The molecular formula is C8H9N5OS. The van der Waals surface area contributed by atoms with Crippen LogP contribution in [0.4, 0.5) is 0 Å². The molecule has 0 saturated carbocycles. The zero-order chi connectivity index (χ0) is 10.1. The SMILES string of the molecule is c1n[nH]c(-c2noc(C3CCCS3)n2)n1. The highest BCUT2D eigenvalue weighted by Gasteiger charge is 2.24. The molecule has 0 spiro atoms. The van der Waals surface area contributed by atoms with Crippen LogP contribution in [0, 0.1) is 0 Å². The van der Waals surface area contributed by atoms with E-state index in [1.54, 1.807) is 0 Å². The Kier molecular flexibility index (Phi) is 2.17. The number of nitrogens with one attached hydrogen (secondary N) is 1. The van der Waals surface area contributed by atoms with Crippen molar-refractivity contribution in [2.75, 3.05) is 5.75 Å². The molecule has 78 valence electrons. The van der Waals surface area contributed by atoms with Gasteiger partial charge >= 0.3 is 0 Å². The van der Waals surface area contributed by atoms with Crippen LogP contribution < -0.4 is 0 Å². The molecule has 0 aromatic carbocycles. The van der Waals surface area contributed by atoms with Crippen molar-refractivity contribution in [3.8, 4) is 11.6 Å². The number of rotatable bonds is 2. The summed E-state index contributed by atoms with van der Waals surface area (Å²) in [6.07, 6.45) is 3.76. The maximum Gasteiger partial charge on any atom is 0.240 e. The summed E-state index contributed by atoms with van der Waals surface area (Å²) in [5.41, 5.74) is 0. The van der Waals surface area contributed by atoms with E-state index < -0.39 is 0 Å². The average Bonchev–Trinajstić information content (AvgIpc) is 3.02. The van der Waals surface area contributed by atoms with E-state index in [1.807, 2.05) is 11.8 Å². The molecule has 7 heteroatoms. The third-order valence-electron chi connectivity index (χ3n) is 2.27. The quantitative estimate of drug-likeness (QED) is 0.829. The maximum absolute atomic E-state index is 5.20. The van der Waals surface area contributed by atoms with Crippen LogP contribution >= 0.6 is 11.8 Å². The number of thioether (sulfide) groups is 1. The average molecular weight is 223 g/mol. The molecule has 3 rings (SSSR count). The first kappa shape index (κ1) is 8.90. The summed E-state index contributed by atoms with van der Waals surface area (Å²) in [4.78, 5) is 8.27. The summed E-state index contributed by atoms with van der Waals surface area (Å²) >= 11 is 1.86. The lowest BCUT2D eigenvalue weighted by Crippen LogP contribution is -1.89. The first-order valence-corrected chi connectivity index (χ1v) is 5.79. The molecule has 0 aliphatic carbocycles. The van der Waals surface area contributed by atoms with Crippen molar-refractivity contribution >= 4 is 11.8 Å². The molecule has 2 aromatic heterocycles. The van der Waals surface area contributed by atoms with E-state index in [0.717, 1.165) is 6.42 Å². The molecule has 1 unspecified atom stereocenters. The molecule has 2 aromatic rings. The van der Waals surface area contributed by atoms with Crippen molar-refractivity contribution < 1.29 is 4.52 Å². The Morgan fingerprint density at radius 1 is 1.53 bits per heavy atom. The molecule has 1 N–H and O–H groups in total. The molecule has 1 fully saturated rings. The first-order chi connectivity index (χ1) is 7.43. The second-order valence-corrected chi connectivity index (χ2v) is 4.60. The Morgan fingerprint density at radius 2 is 2.53 bits per heavy atom. The van der Waals surface area contributed by atoms with Crippen molar-refractivity contribution in [3.63, 3.8) is 0 Å². The van der Waals surface area contributed by atoms with E-state index >= 15 is 0 Å². The molecule has 15 heavy (non-hydrogen) atoms. The van der Waals surface area contributed by atoms with Crippen LogP contribution in [0.1, 0.15) is 24.0 Å². The fourth-order valence-corrected chi connectivity index (χ4v) is 2.74. The van der Waals surface area contributed by atoms with Gasteiger partial charge in [0.1, 0.15) is 6.33 Å². The van der Waals surface area contributed by atoms with Gasteiger partial charge in [0.2, 0.25) is 11.7 Å². The van der Waals surface area contributed by atoms with E-state index in [9.17, 15) is 0 Å². The van der Waals surface area contributed by atoms with Gasteiger partial charge < -0.3 is 4.52 Å². The summed E-state index contributed by atoms with van der Waals surface area (Å²) < 4.78 is 5.20. The van der Waals surface area contributed by atoms with Gasteiger partial charge in [-0.1, -0.05) is 5.16 Å². The summed E-state index contributed by atoms with van der Waals surface area (Å²) in [5, 5.41) is 10.7. The van der Waals surface area contributed by atoms with E-state index in [2.05, 4.69) is 25.3 Å². The van der Waals surface area contributed by atoms with Crippen molar-refractivity contribution in [1.82, 2.24) is 25.3 Å². The van der Waals surface area contributed by atoms with Gasteiger partial charge in [-0.05, 0) is 18.6 Å². The highest BCUT2D eigenvalue weighted by Crippen LogP contribution is 2.39. The second-order valence-electron chi connectivity index (χ2n) is 3.29. The smallest absolute Gasteiger partial charge is 0.240 e. The lowest BCUT2D eigenvalue weighted by molar-refractivity contribution is 0.375. The molecular weight excluding hydrogens is 214 g/mol. The third kappa shape index (κ3) is 1.63. The topological polar surface area (TPSA) is 80.5 Å². The highest BCUT2D eigenvalue weighted by molar-refractivity contribution is 7.99. The molecule has 3 heterocycles. The molecule has 1 saturated heterocycles. The standard InChI is InChI=1S/C8H9N5OS/c1-2-5(15-3-1)8-11-7(13-14-8)6-9-4-10-12-6/h4-5H,1-3H2,(H,9,10,12). The van der Waals surface area contributed by atoms with Crippen LogP contribution in [0.5, 0.6) is 0 Å². The Balaban J connectivity index is 1.87. The number of nitrogens with zero attached hydrogens (tertiary/aromatic N) is 4. The Labute approximate surface area is 89.9 Å². The maximum atomic E-state index is 5.20. The zero-order valence-electron chi connectivity index (χ0n) is 7.88. The van der Waals surface area contributed by atoms with Crippen LogP contribution in [0.2, 0.25) is 0 Å². The predicted octanol–water partition coefficient (Wildman–Crippen LogP) is 1.42. The van der Waals surface area contributed by atoms with E-state index in [1.165, 1.54) is 18.5 Å². The number of H-pyrrole nitrogens is 1. The van der Waals surface area contributed by atoms with E-state index in [0.29, 0.717) is 22.8 Å². The van der Waals surface area contributed by atoms with Crippen molar-refractivity contribution in [2.45, 2.75) is 18.1 Å². The normalized spacial score (nSPS) is 20.9. The van der Waals surface area contributed by atoms with Crippen LogP contribution in [0.3, 0.4) is 0 Å². The Morgan fingerprint density at radius 3 is 3.27 bits per heavy atom. The fraction of sp³-hybridized carbons (Fsp3) is 0.500. The summed E-state index contributed by atoms with van der Waals surface area (Å²) in [7, 11) is 0. The Hall–Kier alpha value is -1.37. The molecule has 0 bridgehead atoms. The van der Waals surface area contributed by atoms with Crippen LogP contribution in [-0.4, -0.2) is 31.1 Å². The summed E-state index contributed by atoms with van der Waals surface area (Å²) in [6.45, 7) is 0. The summed E-state index contributed by atoms with van der Waals surface area (Å²) in [5.74, 6) is 2.90. The van der Waals surface area contributed by atoms with Crippen LogP contribution in [-0.2, 0) is 0 Å². The molecule has 0 radical (unpaired) electrons. The molecule has 1 aliphatic rings. The van der Waals surface area contributed by atoms with Crippen molar-refractivity contribution in [3.05, 3.63) is 12.2 Å². The van der Waals surface area contributed by atoms with Gasteiger partial charge in [-0.15, -0.1) is 11.8 Å². The molecule has 1 atom stereocenters. The molecule has 0 amide bonds. The highest BCUT2D eigenvalue weighted by atomic mass is 32.2. The largest absolute Gasteiger partial charge is 0.338 e. The van der Waals surface area contributed by atoms with Crippen molar-refractivity contribution in [2.24, 2.45) is 0 Å². The second kappa shape index (κ2) is 3.65. The minimum atomic E-state index is 0.356. The minimum Gasteiger partial charge on any atom is -0.338 e. The number of aromatic nitrogens is 5. The van der Waals surface area contributed by atoms with Gasteiger partial charge in [0, 0.05) is 0 Å². The lowest BCUT2D eigenvalue weighted by atomic mass is 10.2. The predicted molar refractivity (Wildman–Crippen MR) is 54.1 cm³/mol. The third-order valence-corrected chi connectivity index (χ3v) is 3.64. The van der Waals surface area contributed by atoms with E-state index in [4.69, 9.17) is 4.52 Å². The van der Waals surface area contributed by atoms with Crippen LogP contribution in [0.15, 0.2) is 10.9 Å². The van der Waals surface area contributed by atoms with Crippen molar-refractivity contribution in [1.29, 1.82) is 0 Å². The zero-order valence-corrected chi connectivity index (χ0v) is 8.70. The lowest BCUT2D eigenvalue weighted by Gasteiger charge is -1.98.